The molecule has 4 aromatic rings. The molecule has 0 atom stereocenters. The molecule has 2 aromatic heterocycles. The maximum atomic E-state index is 14.4. The van der Waals surface area contributed by atoms with Crippen molar-refractivity contribution in [1.29, 1.82) is 0 Å². The number of benzene rings is 2. The summed E-state index contributed by atoms with van der Waals surface area (Å²) in [5.41, 5.74) is 5.80. The summed E-state index contributed by atoms with van der Waals surface area (Å²) in [6.45, 7) is 3.66. The van der Waals surface area contributed by atoms with Crippen molar-refractivity contribution in [3.63, 3.8) is 0 Å². The zero-order chi connectivity index (χ0) is 22.2. The lowest BCUT2D eigenvalue weighted by Crippen LogP contribution is -2.59. The first-order chi connectivity index (χ1) is 16.1. The van der Waals surface area contributed by atoms with Crippen LogP contribution >= 0.6 is 0 Å². The summed E-state index contributed by atoms with van der Waals surface area (Å²) < 4.78 is 36.1. The average Bonchev–Trinajstić information content (AvgIpc) is 3.35. The largest absolute Gasteiger partial charge is 0.381 e. The van der Waals surface area contributed by atoms with Crippen LogP contribution in [0.25, 0.3) is 27.5 Å². The van der Waals surface area contributed by atoms with E-state index < -0.39 is 11.6 Å². The average molecular weight is 449 g/mol. The monoisotopic (exact) mass is 448 g/mol. The molecule has 7 rings (SSSR count). The van der Waals surface area contributed by atoms with Gasteiger partial charge in [0.2, 0.25) is 0 Å². The second kappa shape index (κ2) is 7.11. The Bertz CT molecular complexity index is 1370. The predicted octanol–water partition coefficient (Wildman–Crippen LogP) is 5.15. The third-order valence-corrected chi connectivity index (χ3v) is 8.14. The molecule has 2 aromatic carbocycles. The summed E-state index contributed by atoms with van der Waals surface area (Å²) in [5, 5.41) is 13.0. The van der Waals surface area contributed by atoms with Crippen LogP contribution in [-0.2, 0) is 4.74 Å². The fourth-order valence-corrected chi connectivity index (χ4v) is 6.43. The van der Waals surface area contributed by atoms with E-state index in [0.717, 1.165) is 55.6 Å². The molecule has 3 fully saturated rings. The molecule has 2 aliphatic heterocycles. The van der Waals surface area contributed by atoms with Crippen LogP contribution < -0.4 is 5.32 Å². The molecule has 0 bridgehead atoms. The lowest BCUT2D eigenvalue weighted by atomic mass is 9.56. The van der Waals surface area contributed by atoms with E-state index in [1.807, 2.05) is 6.20 Å². The molecule has 33 heavy (non-hydrogen) atoms. The standard InChI is InChI=1S/C26H26F2N4O/c27-20-2-1-18(8-21(20)28)32-23-7-16-12-30-31-22(16)9-19(23)24(17-10-26(11-17)13-29-14-26)25(32)15-3-5-33-6-4-15/h1-2,7-9,12,15,17,29H,3-6,10-11,13-14H2,(H,30,31). The van der Waals surface area contributed by atoms with Crippen molar-refractivity contribution in [1.82, 2.24) is 20.1 Å². The number of ether oxygens (including phenoxy) is 1. The summed E-state index contributed by atoms with van der Waals surface area (Å²) in [5.74, 6) is -0.846. The van der Waals surface area contributed by atoms with Gasteiger partial charge in [0.05, 0.1) is 17.2 Å². The van der Waals surface area contributed by atoms with Gasteiger partial charge in [-0.05, 0) is 66.8 Å². The normalized spacial score (nSPS) is 21.0. The van der Waals surface area contributed by atoms with Crippen LogP contribution in [0.3, 0.4) is 0 Å². The number of hydrogen-bond donors (Lipinski definition) is 2. The number of aromatic amines is 1. The molecule has 2 N–H and O–H groups in total. The highest BCUT2D eigenvalue weighted by Gasteiger charge is 2.50. The first-order valence-corrected chi connectivity index (χ1v) is 11.9. The maximum absolute atomic E-state index is 14.4. The van der Waals surface area contributed by atoms with E-state index in [9.17, 15) is 8.78 Å². The van der Waals surface area contributed by atoms with Gasteiger partial charge in [-0.15, -0.1) is 0 Å². The maximum Gasteiger partial charge on any atom is 0.160 e. The first kappa shape index (κ1) is 19.7. The van der Waals surface area contributed by atoms with Crippen molar-refractivity contribution < 1.29 is 13.5 Å². The molecule has 5 nitrogen and oxygen atoms in total. The van der Waals surface area contributed by atoms with Gasteiger partial charge in [0.1, 0.15) is 0 Å². The first-order valence-electron chi connectivity index (χ1n) is 11.9. The molecule has 7 heteroatoms. The lowest BCUT2D eigenvalue weighted by Gasteiger charge is -2.55. The number of aromatic nitrogens is 3. The van der Waals surface area contributed by atoms with E-state index in [2.05, 4.69) is 32.2 Å². The van der Waals surface area contributed by atoms with E-state index in [1.54, 1.807) is 6.07 Å². The Labute approximate surface area is 190 Å². The third-order valence-electron chi connectivity index (χ3n) is 8.14. The third kappa shape index (κ3) is 2.91. The summed E-state index contributed by atoms with van der Waals surface area (Å²) in [6.07, 6.45) is 6.05. The van der Waals surface area contributed by atoms with E-state index in [0.29, 0.717) is 22.9 Å². The Morgan fingerprint density at radius 1 is 1.00 bits per heavy atom. The van der Waals surface area contributed by atoms with E-state index >= 15 is 0 Å². The zero-order valence-corrected chi connectivity index (χ0v) is 18.3. The van der Waals surface area contributed by atoms with Crippen LogP contribution in [0, 0.1) is 17.0 Å². The quantitative estimate of drug-likeness (QED) is 0.456. The number of fused-ring (bicyclic) bond motifs is 2. The molecule has 1 spiro atoms. The van der Waals surface area contributed by atoms with Gasteiger partial charge in [0.25, 0.3) is 0 Å². The smallest absolute Gasteiger partial charge is 0.160 e. The van der Waals surface area contributed by atoms with Crippen molar-refractivity contribution in [3.05, 3.63) is 59.4 Å². The molecule has 4 heterocycles. The van der Waals surface area contributed by atoms with Crippen molar-refractivity contribution in [3.8, 4) is 5.69 Å². The van der Waals surface area contributed by atoms with Crippen LogP contribution in [-0.4, -0.2) is 41.1 Å². The van der Waals surface area contributed by atoms with E-state index in [1.165, 1.54) is 41.6 Å². The SMILES string of the molecule is Fc1ccc(-n2c(C3CCOCC3)c(C3CC4(CNC4)C3)c3cc4[nH]ncc4cc32)cc1F. The van der Waals surface area contributed by atoms with Crippen LogP contribution in [0.2, 0.25) is 0 Å². The number of H-pyrrole nitrogens is 1. The van der Waals surface area contributed by atoms with E-state index in [4.69, 9.17) is 4.74 Å². The van der Waals surface area contributed by atoms with Crippen molar-refractivity contribution in [2.24, 2.45) is 5.41 Å². The highest BCUT2D eigenvalue weighted by molar-refractivity contribution is 5.99. The van der Waals surface area contributed by atoms with Gasteiger partial charge in [-0.1, -0.05) is 0 Å². The predicted molar refractivity (Wildman–Crippen MR) is 123 cm³/mol. The number of rotatable bonds is 3. The zero-order valence-electron chi connectivity index (χ0n) is 18.3. The molecule has 2 saturated heterocycles. The second-order valence-corrected chi connectivity index (χ2v) is 10.2. The minimum absolute atomic E-state index is 0.321. The van der Waals surface area contributed by atoms with Gasteiger partial charge in [0, 0.05) is 60.4 Å². The summed E-state index contributed by atoms with van der Waals surface area (Å²) in [6, 6.07) is 8.61. The number of nitrogens with zero attached hydrogens (tertiary/aromatic N) is 2. The Kier molecular flexibility index (Phi) is 4.24. The van der Waals surface area contributed by atoms with E-state index in [-0.39, 0.29) is 0 Å². The molecular formula is C26H26F2N4O. The molecule has 0 amide bonds. The molecule has 1 aliphatic carbocycles. The number of nitrogens with one attached hydrogen (secondary N) is 2. The van der Waals surface area contributed by atoms with Gasteiger partial charge in [-0.3, -0.25) is 5.10 Å². The Balaban J connectivity index is 1.51. The van der Waals surface area contributed by atoms with Gasteiger partial charge in [0.15, 0.2) is 11.6 Å². The Morgan fingerprint density at radius 2 is 1.82 bits per heavy atom. The molecule has 170 valence electrons. The Hall–Kier alpha value is -2.77. The fraction of sp³-hybridized carbons (Fsp3) is 0.423. The van der Waals surface area contributed by atoms with Crippen LogP contribution in [0.4, 0.5) is 8.78 Å². The van der Waals surface area contributed by atoms with Crippen LogP contribution in [0.5, 0.6) is 0 Å². The topological polar surface area (TPSA) is 54.9 Å². The van der Waals surface area contributed by atoms with Crippen molar-refractivity contribution >= 4 is 21.8 Å². The minimum atomic E-state index is -0.821. The highest BCUT2D eigenvalue weighted by atomic mass is 19.2. The molecule has 0 radical (unpaired) electrons. The summed E-state index contributed by atoms with van der Waals surface area (Å²) in [4.78, 5) is 0. The molecule has 0 unspecified atom stereocenters. The van der Waals surface area contributed by atoms with Crippen LogP contribution in [0.15, 0.2) is 36.5 Å². The fourth-order valence-electron chi connectivity index (χ4n) is 6.43. The summed E-state index contributed by atoms with van der Waals surface area (Å²) in [7, 11) is 0. The van der Waals surface area contributed by atoms with Crippen LogP contribution in [0.1, 0.15) is 48.8 Å². The highest BCUT2D eigenvalue weighted by Crippen LogP contribution is 2.57. The van der Waals surface area contributed by atoms with Crippen molar-refractivity contribution in [2.45, 2.75) is 37.5 Å². The Morgan fingerprint density at radius 3 is 2.55 bits per heavy atom. The van der Waals surface area contributed by atoms with Crippen molar-refractivity contribution in [2.75, 3.05) is 26.3 Å². The molecular weight excluding hydrogens is 422 g/mol. The molecule has 3 aliphatic rings. The van der Waals surface area contributed by atoms with Gasteiger partial charge in [-0.2, -0.15) is 5.10 Å². The minimum Gasteiger partial charge on any atom is -0.381 e. The second-order valence-electron chi connectivity index (χ2n) is 10.2. The summed E-state index contributed by atoms with van der Waals surface area (Å²) >= 11 is 0. The number of halogens is 2. The lowest BCUT2D eigenvalue weighted by molar-refractivity contribution is 0.0356. The number of hydrogen-bond acceptors (Lipinski definition) is 3. The van der Waals surface area contributed by atoms with Gasteiger partial charge in [-0.25, -0.2) is 8.78 Å². The molecule has 1 saturated carbocycles. The van der Waals surface area contributed by atoms with Gasteiger partial charge < -0.3 is 14.6 Å². The van der Waals surface area contributed by atoms with Gasteiger partial charge >= 0.3 is 0 Å².